The predicted octanol–water partition coefficient (Wildman–Crippen LogP) is 4.33. The van der Waals surface area contributed by atoms with Gasteiger partial charge in [0.25, 0.3) is 5.76 Å². The number of halogens is 2. The van der Waals surface area contributed by atoms with Crippen molar-refractivity contribution >= 4 is 11.8 Å². The van der Waals surface area contributed by atoms with Gasteiger partial charge in [-0.15, -0.1) is 0 Å². The average Bonchev–Trinajstić information content (AvgIpc) is 2.87. The summed E-state index contributed by atoms with van der Waals surface area (Å²) < 4.78 is 29.6. The van der Waals surface area contributed by atoms with Crippen molar-refractivity contribution in [2.75, 3.05) is 0 Å². The van der Waals surface area contributed by atoms with E-state index in [9.17, 15) is 8.78 Å². The first-order valence-corrected chi connectivity index (χ1v) is 7.42. The van der Waals surface area contributed by atoms with Crippen LogP contribution in [0.25, 0.3) is 0 Å². The molecule has 1 heterocycles. The molecule has 1 aromatic heterocycles. The number of rotatable bonds is 7. The maximum absolute atomic E-state index is 12.1. The Morgan fingerprint density at radius 2 is 1.75 bits per heavy atom. The molecule has 0 amide bonds. The van der Waals surface area contributed by atoms with Crippen LogP contribution in [0, 0.1) is 6.92 Å². The quantitative estimate of drug-likeness (QED) is 0.823. The Morgan fingerprint density at radius 1 is 1.05 bits per heavy atom. The van der Waals surface area contributed by atoms with Crippen LogP contribution in [0.2, 0.25) is 0 Å². The van der Waals surface area contributed by atoms with Crippen molar-refractivity contribution < 1.29 is 13.2 Å². The van der Waals surface area contributed by atoms with E-state index in [1.165, 1.54) is 11.1 Å². The first-order valence-electron chi connectivity index (χ1n) is 6.37. The zero-order valence-electron chi connectivity index (χ0n) is 11.2. The molecule has 5 heteroatoms. The highest BCUT2D eigenvalue weighted by molar-refractivity contribution is 7.98. The van der Waals surface area contributed by atoms with E-state index < -0.39 is 5.76 Å². The van der Waals surface area contributed by atoms with E-state index in [0.29, 0.717) is 24.1 Å². The maximum Gasteiger partial charge on any atom is 0.284 e. The van der Waals surface area contributed by atoms with Crippen LogP contribution in [-0.2, 0) is 18.8 Å². The minimum atomic E-state index is -2.36. The Bertz CT molecular complexity index is 525. The third-order valence-electron chi connectivity index (χ3n) is 2.82. The summed E-state index contributed by atoms with van der Waals surface area (Å²) in [7, 11) is 0. The first-order chi connectivity index (χ1) is 9.63. The van der Waals surface area contributed by atoms with Gasteiger partial charge in [-0.3, -0.25) is 0 Å². The molecule has 0 radical (unpaired) electrons. The van der Waals surface area contributed by atoms with E-state index in [2.05, 4.69) is 36.5 Å². The van der Waals surface area contributed by atoms with Gasteiger partial charge >= 0.3 is 0 Å². The van der Waals surface area contributed by atoms with Crippen molar-refractivity contribution in [3.8, 4) is 0 Å². The molecule has 0 aliphatic carbocycles. The molecule has 2 aromatic rings. The Labute approximate surface area is 121 Å². The SMILES string of the molecule is Cc1ccc(CNCc2ccc(CSC(F)F)o2)cc1. The molecule has 2 nitrogen and oxygen atoms in total. The zero-order chi connectivity index (χ0) is 14.4. The number of aryl methyl sites for hydroxylation is 1. The standard InChI is InChI=1S/C15H17F2NOS/c1-11-2-4-12(5-3-11)8-18-9-13-6-7-14(19-13)10-20-15(16)17/h2-7,15,18H,8-10H2,1H3. The molecule has 0 atom stereocenters. The number of benzene rings is 1. The maximum atomic E-state index is 12.1. The fourth-order valence-corrected chi connectivity index (χ4v) is 2.22. The summed E-state index contributed by atoms with van der Waals surface area (Å²) in [6, 6.07) is 11.9. The first kappa shape index (κ1) is 15.1. The van der Waals surface area contributed by atoms with Crippen molar-refractivity contribution in [2.24, 2.45) is 0 Å². The molecule has 0 unspecified atom stereocenters. The average molecular weight is 297 g/mol. The van der Waals surface area contributed by atoms with Crippen molar-refractivity contribution in [1.29, 1.82) is 0 Å². The summed E-state index contributed by atoms with van der Waals surface area (Å²) in [6.45, 7) is 3.40. The minimum absolute atomic E-state index is 0.204. The molecule has 20 heavy (non-hydrogen) atoms. The molecule has 0 saturated carbocycles. The molecular weight excluding hydrogens is 280 g/mol. The Balaban J connectivity index is 1.75. The summed E-state index contributed by atoms with van der Waals surface area (Å²) in [4.78, 5) is 0. The van der Waals surface area contributed by atoms with Crippen LogP contribution in [-0.4, -0.2) is 5.76 Å². The van der Waals surface area contributed by atoms with Gasteiger partial charge in [0.1, 0.15) is 11.5 Å². The second kappa shape index (κ2) is 7.45. The van der Waals surface area contributed by atoms with Crippen LogP contribution in [0.4, 0.5) is 8.78 Å². The van der Waals surface area contributed by atoms with E-state index in [1.807, 2.05) is 6.07 Å². The smallest absolute Gasteiger partial charge is 0.284 e. The highest BCUT2D eigenvalue weighted by Gasteiger charge is 2.07. The molecule has 0 aliphatic rings. The van der Waals surface area contributed by atoms with Gasteiger partial charge in [-0.2, -0.15) is 8.78 Å². The predicted molar refractivity (Wildman–Crippen MR) is 77.7 cm³/mol. The fourth-order valence-electron chi connectivity index (χ4n) is 1.78. The number of thioether (sulfide) groups is 1. The van der Waals surface area contributed by atoms with Gasteiger partial charge in [0, 0.05) is 6.54 Å². The van der Waals surface area contributed by atoms with E-state index in [1.54, 1.807) is 6.07 Å². The fraction of sp³-hybridized carbons (Fsp3) is 0.333. The van der Waals surface area contributed by atoms with Gasteiger partial charge in [0.05, 0.1) is 12.3 Å². The summed E-state index contributed by atoms with van der Waals surface area (Å²) in [6.07, 6.45) is 0. The summed E-state index contributed by atoms with van der Waals surface area (Å²) >= 11 is 0.572. The van der Waals surface area contributed by atoms with E-state index >= 15 is 0 Å². The number of furan rings is 1. The molecule has 0 spiro atoms. The van der Waals surface area contributed by atoms with Gasteiger partial charge in [-0.25, -0.2) is 0 Å². The van der Waals surface area contributed by atoms with Gasteiger partial charge < -0.3 is 9.73 Å². The van der Waals surface area contributed by atoms with Crippen LogP contribution in [0.15, 0.2) is 40.8 Å². The minimum Gasteiger partial charge on any atom is -0.464 e. The molecule has 108 valence electrons. The Kier molecular flexibility index (Phi) is 5.61. The van der Waals surface area contributed by atoms with Gasteiger partial charge in [0.15, 0.2) is 0 Å². The lowest BCUT2D eigenvalue weighted by molar-refractivity contribution is 0.251. The number of nitrogens with one attached hydrogen (secondary N) is 1. The van der Waals surface area contributed by atoms with Crippen LogP contribution in [0.3, 0.4) is 0 Å². The third-order valence-corrected chi connectivity index (χ3v) is 3.52. The molecule has 0 aliphatic heterocycles. The lowest BCUT2D eigenvalue weighted by atomic mass is 10.1. The number of hydrogen-bond acceptors (Lipinski definition) is 3. The summed E-state index contributed by atoms with van der Waals surface area (Å²) in [5.41, 5.74) is 2.44. The van der Waals surface area contributed by atoms with Crippen LogP contribution in [0.5, 0.6) is 0 Å². The molecule has 2 rings (SSSR count). The van der Waals surface area contributed by atoms with Crippen LogP contribution in [0.1, 0.15) is 22.6 Å². The van der Waals surface area contributed by atoms with Crippen LogP contribution >= 0.6 is 11.8 Å². The molecule has 0 bridgehead atoms. The highest BCUT2D eigenvalue weighted by Crippen LogP contribution is 2.21. The Morgan fingerprint density at radius 3 is 2.45 bits per heavy atom. The molecule has 0 saturated heterocycles. The number of hydrogen-bond donors (Lipinski definition) is 1. The second-order valence-electron chi connectivity index (χ2n) is 4.53. The Hall–Kier alpha value is -1.33. The zero-order valence-corrected chi connectivity index (χ0v) is 12.1. The third kappa shape index (κ3) is 4.98. The van der Waals surface area contributed by atoms with Crippen molar-refractivity contribution in [2.45, 2.75) is 31.5 Å². The monoisotopic (exact) mass is 297 g/mol. The molecule has 0 fully saturated rings. The summed E-state index contributed by atoms with van der Waals surface area (Å²) in [5.74, 6) is -0.803. The van der Waals surface area contributed by atoms with Gasteiger partial charge in [0.2, 0.25) is 0 Å². The lowest BCUT2D eigenvalue weighted by Crippen LogP contribution is -2.11. The summed E-state index contributed by atoms with van der Waals surface area (Å²) in [5, 5.41) is 3.27. The molecule has 1 N–H and O–H groups in total. The number of alkyl halides is 2. The largest absolute Gasteiger partial charge is 0.464 e. The van der Waals surface area contributed by atoms with Crippen molar-refractivity contribution in [3.05, 3.63) is 59.0 Å². The van der Waals surface area contributed by atoms with E-state index in [4.69, 9.17) is 4.42 Å². The van der Waals surface area contributed by atoms with Crippen molar-refractivity contribution in [3.63, 3.8) is 0 Å². The molecule has 1 aromatic carbocycles. The van der Waals surface area contributed by atoms with E-state index in [0.717, 1.165) is 12.3 Å². The van der Waals surface area contributed by atoms with E-state index in [-0.39, 0.29) is 5.75 Å². The highest BCUT2D eigenvalue weighted by atomic mass is 32.2. The normalized spacial score (nSPS) is 11.2. The topological polar surface area (TPSA) is 25.2 Å². The lowest BCUT2D eigenvalue weighted by Gasteiger charge is -2.03. The van der Waals surface area contributed by atoms with Gasteiger partial charge in [-0.1, -0.05) is 41.6 Å². The van der Waals surface area contributed by atoms with Gasteiger partial charge in [-0.05, 0) is 24.6 Å². The van der Waals surface area contributed by atoms with Crippen molar-refractivity contribution in [1.82, 2.24) is 5.32 Å². The van der Waals surface area contributed by atoms with Crippen LogP contribution < -0.4 is 5.32 Å². The molecular formula is C15H17F2NOS. The second-order valence-corrected chi connectivity index (χ2v) is 5.51.